The molecule has 0 saturated carbocycles. The van der Waals surface area contributed by atoms with Crippen molar-refractivity contribution in [1.29, 1.82) is 0 Å². The number of allylic oxidation sites excluding steroid dienone is 6. The molecule has 0 aromatic heterocycles. The summed E-state index contributed by atoms with van der Waals surface area (Å²) in [7, 11) is -9.94. The Morgan fingerprint density at radius 2 is 0.490 bits per heavy atom. The normalized spacial score (nSPS) is 14.0. The number of aliphatic hydroxyl groups is 1. The number of ether oxygens (including phenoxy) is 4. The quantitative estimate of drug-likeness (QED) is 0.0169. The fourth-order valence-electron chi connectivity index (χ4n) is 11.8. The standard InChI is InChI=1S/C81H152O17P2/c1-5-9-13-17-21-25-29-33-36-37-40-43-46-50-54-58-62-66-79(84)92-72-77(98-81(86)68-64-60-56-52-48-44-39-35-31-27-23-19-15-11-7-3)74-96-100(89,90)94-70-75(82)69-93-99(87,88)95-73-76(97-80(85)67-63-59-55-51-47-41-32-28-24-20-16-12-8-4)71-91-78(83)65-61-57-53-49-45-42-38-34-30-26-22-18-14-10-6-2/h23,27,34-35,38-39,75-77,82H,5-22,24-26,28-33,36-37,40-74H2,1-4H3,(H,87,88)(H,89,90)/b27-23-,38-34-,39-35-/t75-,76+,77+/m0/s1. The fraction of sp³-hybridized carbons (Fsp3) is 0.877. The smallest absolute Gasteiger partial charge is 0.462 e. The molecule has 100 heavy (non-hydrogen) atoms. The van der Waals surface area contributed by atoms with Crippen LogP contribution in [0.1, 0.15) is 400 Å². The number of phosphoric ester groups is 2. The van der Waals surface area contributed by atoms with Crippen molar-refractivity contribution in [3.63, 3.8) is 0 Å². The van der Waals surface area contributed by atoms with Crippen LogP contribution in [0.2, 0.25) is 0 Å². The highest BCUT2D eigenvalue weighted by Crippen LogP contribution is 2.45. The maximum Gasteiger partial charge on any atom is 0.472 e. The highest BCUT2D eigenvalue weighted by molar-refractivity contribution is 7.47. The highest BCUT2D eigenvalue weighted by atomic mass is 31.2. The third kappa shape index (κ3) is 73.6. The van der Waals surface area contributed by atoms with Gasteiger partial charge in [0.05, 0.1) is 26.4 Å². The maximum atomic E-state index is 13.1. The second-order valence-corrected chi connectivity index (χ2v) is 31.0. The van der Waals surface area contributed by atoms with E-state index in [1.54, 1.807) is 0 Å². The van der Waals surface area contributed by atoms with Crippen LogP contribution in [0.3, 0.4) is 0 Å². The van der Waals surface area contributed by atoms with Crippen molar-refractivity contribution < 1.29 is 80.2 Å². The molecule has 5 atom stereocenters. The largest absolute Gasteiger partial charge is 0.472 e. The molecule has 0 radical (unpaired) electrons. The Morgan fingerprint density at radius 3 is 0.770 bits per heavy atom. The summed E-state index contributed by atoms with van der Waals surface area (Å²) in [6, 6.07) is 0. The average molecular weight is 1460 g/mol. The lowest BCUT2D eigenvalue weighted by molar-refractivity contribution is -0.161. The Labute approximate surface area is 611 Å². The highest BCUT2D eigenvalue weighted by Gasteiger charge is 2.30. The van der Waals surface area contributed by atoms with E-state index in [1.165, 1.54) is 193 Å². The Kier molecular flexibility index (Phi) is 72.5. The summed E-state index contributed by atoms with van der Waals surface area (Å²) in [4.78, 5) is 73.0. The zero-order valence-corrected chi connectivity index (χ0v) is 66.2. The van der Waals surface area contributed by atoms with Gasteiger partial charge in [-0.05, 0) is 83.5 Å². The summed E-state index contributed by atoms with van der Waals surface area (Å²) >= 11 is 0. The van der Waals surface area contributed by atoms with Gasteiger partial charge in [0, 0.05) is 25.7 Å². The number of phosphoric acid groups is 2. The summed E-state index contributed by atoms with van der Waals surface area (Å²) in [5, 5.41) is 10.6. The summed E-state index contributed by atoms with van der Waals surface area (Å²) in [5.74, 6) is -2.15. The van der Waals surface area contributed by atoms with Crippen LogP contribution in [-0.4, -0.2) is 96.7 Å². The topological polar surface area (TPSA) is 237 Å². The Hall–Kier alpha value is -2.72. The zero-order valence-electron chi connectivity index (χ0n) is 64.4. The lowest BCUT2D eigenvalue weighted by atomic mass is 10.0. The zero-order chi connectivity index (χ0) is 73.2. The van der Waals surface area contributed by atoms with Crippen molar-refractivity contribution in [2.45, 2.75) is 418 Å². The minimum Gasteiger partial charge on any atom is -0.462 e. The van der Waals surface area contributed by atoms with Crippen LogP contribution in [0.25, 0.3) is 0 Å². The van der Waals surface area contributed by atoms with Crippen LogP contribution < -0.4 is 0 Å². The first-order valence-corrected chi connectivity index (χ1v) is 44.2. The van der Waals surface area contributed by atoms with E-state index >= 15 is 0 Å². The van der Waals surface area contributed by atoms with E-state index in [0.29, 0.717) is 25.7 Å². The van der Waals surface area contributed by atoms with Crippen LogP contribution in [0, 0.1) is 0 Å². The number of hydrogen-bond donors (Lipinski definition) is 3. The van der Waals surface area contributed by atoms with Crippen LogP contribution in [-0.2, 0) is 65.4 Å². The van der Waals surface area contributed by atoms with Gasteiger partial charge < -0.3 is 33.8 Å². The SMILES string of the molecule is CCCCC/C=C\C/C=C\CCCCCCCC(=O)O[C@H](COC(=O)CCCCCCCCCCCCCCCCCCC)COP(=O)(O)OC[C@@H](O)COP(=O)(O)OC[C@@H](COC(=O)CCCCCCC/C=C\CCCCCCCC)OC(=O)CCCCCCCCCCCCCCC. The first-order valence-electron chi connectivity index (χ1n) is 41.2. The third-order valence-corrected chi connectivity index (χ3v) is 20.0. The minimum atomic E-state index is -4.97. The molecule has 2 unspecified atom stereocenters. The molecule has 0 bridgehead atoms. The van der Waals surface area contributed by atoms with Crippen molar-refractivity contribution in [3.05, 3.63) is 36.5 Å². The molecule has 0 spiro atoms. The number of hydrogen-bond acceptors (Lipinski definition) is 15. The van der Waals surface area contributed by atoms with Crippen LogP contribution in [0.15, 0.2) is 36.5 Å². The van der Waals surface area contributed by atoms with Gasteiger partial charge in [-0.1, -0.05) is 327 Å². The second kappa shape index (κ2) is 74.5. The van der Waals surface area contributed by atoms with E-state index in [1.807, 2.05) is 0 Å². The van der Waals surface area contributed by atoms with E-state index in [0.717, 1.165) is 128 Å². The molecular formula is C81H152O17P2. The molecule has 19 heteroatoms. The van der Waals surface area contributed by atoms with Crippen molar-refractivity contribution in [3.8, 4) is 0 Å². The predicted molar refractivity (Wildman–Crippen MR) is 409 cm³/mol. The first-order chi connectivity index (χ1) is 48.7. The van der Waals surface area contributed by atoms with E-state index in [2.05, 4.69) is 64.2 Å². The van der Waals surface area contributed by atoms with E-state index < -0.39 is 97.5 Å². The number of carbonyl (C=O) groups excluding carboxylic acids is 4. The van der Waals surface area contributed by atoms with Gasteiger partial charge in [0.2, 0.25) is 0 Å². The van der Waals surface area contributed by atoms with Gasteiger partial charge in [-0.15, -0.1) is 0 Å². The molecule has 0 aliphatic rings. The summed E-state index contributed by atoms with van der Waals surface area (Å²) < 4.78 is 68.7. The van der Waals surface area contributed by atoms with Crippen LogP contribution in [0.5, 0.6) is 0 Å². The molecule has 0 aromatic carbocycles. The Balaban J connectivity index is 5.30. The Bertz CT molecular complexity index is 2040. The summed E-state index contributed by atoms with van der Waals surface area (Å²) in [5.41, 5.74) is 0. The van der Waals surface area contributed by atoms with Gasteiger partial charge in [0.1, 0.15) is 19.3 Å². The minimum absolute atomic E-state index is 0.0865. The molecule has 0 saturated heterocycles. The molecule has 0 aliphatic carbocycles. The van der Waals surface area contributed by atoms with Crippen molar-refractivity contribution >= 4 is 39.5 Å². The van der Waals surface area contributed by atoms with E-state index in [4.69, 9.17) is 37.0 Å². The lowest BCUT2D eigenvalue weighted by Gasteiger charge is -2.21. The van der Waals surface area contributed by atoms with E-state index in [-0.39, 0.29) is 25.7 Å². The van der Waals surface area contributed by atoms with Gasteiger partial charge in [-0.25, -0.2) is 9.13 Å². The summed E-state index contributed by atoms with van der Waals surface area (Å²) in [6.07, 6.45) is 71.1. The molecule has 0 rings (SSSR count). The Morgan fingerprint density at radius 1 is 0.280 bits per heavy atom. The molecule has 588 valence electrons. The molecule has 0 aliphatic heterocycles. The molecule has 17 nitrogen and oxygen atoms in total. The van der Waals surface area contributed by atoms with E-state index in [9.17, 15) is 43.2 Å². The molecular weight excluding hydrogens is 1310 g/mol. The van der Waals surface area contributed by atoms with Gasteiger partial charge in [0.15, 0.2) is 12.2 Å². The van der Waals surface area contributed by atoms with Gasteiger partial charge in [-0.3, -0.25) is 37.3 Å². The number of carbonyl (C=O) groups is 4. The number of unbranched alkanes of at least 4 members (excludes halogenated alkanes) is 47. The number of aliphatic hydroxyl groups excluding tert-OH is 1. The van der Waals surface area contributed by atoms with Gasteiger partial charge >= 0.3 is 39.5 Å². The molecule has 0 heterocycles. The fourth-order valence-corrected chi connectivity index (χ4v) is 13.4. The third-order valence-electron chi connectivity index (χ3n) is 18.1. The number of esters is 4. The van der Waals surface area contributed by atoms with Gasteiger partial charge in [-0.2, -0.15) is 0 Å². The number of rotatable bonds is 79. The second-order valence-electron chi connectivity index (χ2n) is 28.1. The molecule has 0 fully saturated rings. The van der Waals surface area contributed by atoms with Crippen molar-refractivity contribution in [2.24, 2.45) is 0 Å². The summed E-state index contributed by atoms with van der Waals surface area (Å²) in [6.45, 7) is 4.93. The predicted octanol–water partition coefficient (Wildman–Crippen LogP) is 23.9. The first kappa shape index (κ1) is 97.3. The monoisotopic (exact) mass is 1460 g/mol. The molecule has 3 N–H and O–H groups in total. The van der Waals surface area contributed by atoms with Crippen molar-refractivity contribution in [1.82, 2.24) is 0 Å². The van der Waals surface area contributed by atoms with Crippen LogP contribution >= 0.6 is 15.6 Å². The molecule has 0 aromatic rings. The van der Waals surface area contributed by atoms with Gasteiger partial charge in [0.25, 0.3) is 0 Å². The van der Waals surface area contributed by atoms with Crippen molar-refractivity contribution in [2.75, 3.05) is 39.6 Å². The van der Waals surface area contributed by atoms with Crippen LogP contribution in [0.4, 0.5) is 0 Å². The lowest BCUT2D eigenvalue weighted by Crippen LogP contribution is -2.30. The average Bonchev–Trinajstić information content (AvgIpc) is 0.932. The molecule has 0 amide bonds. The maximum absolute atomic E-state index is 13.1.